The lowest BCUT2D eigenvalue weighted by atomic mass is 10.2. The minimum atomic E-state index is -0.615. The molecule has 120 valence electrons. The summed E-state index contributed by atoms with van der Waals surface area (Å²) in [4.78, 5) is 23.2. The Labute approximate surface area is 129 Å². The van der Waals surface area contributed by atoms with Gasteiger partial charge in [0.2, 0.25) is 0 Å². The molecule has 0 saturated heterocycles. The fourth-order valence-electron chi connectivity index (χ4n) is 1.55. The number of alkyl carbamates (subject to hydrolysis) is 1. The predicted octanol–water partition coefficient (Wildman–Crippen LogP) is 1.26. The van der Waals surface area contributed by atoms with E-state index in [-0.39, 0.29) is 5.56 Å². The van der Waals surface area contributed by atoms with Crippen molar-refractivity contribution in [3.63, 3.8) is 0 Å². The standard InChI is InChI=1S/C14H21N5O3/c1-10(8-15)19-12(20)7-11(9-18-19)16-5-6-17-13(21)22-14(2,3)4/h7,9-10,16H,5-6H2,1-4H3,(H,17,21). The van der Waals surface area contributed by atoms with Crippen molar-refractivity contribution >= 4 is 11.8 Å². The summed E-state index contributed by atoms with van der Waals surface area (Å²) < 4.78 is 6.19. The molecule has 0 spiro atoms. The van der Waals surface area contributed by atoms with Crippen LogP contribution in [0.25, 0.3) is 0 Å². The lowest BCUT2D eigenvalue weighted by Crippen LogP contribution is -2.35. The van der Waals surface area contributed by atoms with Gasteiger partial charge in [0.15, 0.2) is 0 Å². The number of hydrogen-bond acceptors (Lipinski definition) is 6. The van der Waals surface area contributed by atoms with Gasteiger partial charge >= 0.3 is 6.09 Å². The molecule has 0 aromatic carbocycles. The summed E-state index contributed by atoms with van der Waals surface area (Å²) >= 11 is 0. The molecule has 1 heterocycles. The van der Waals surface area contributed by atoms with Crippen molar-refractivity contribution in [1.29, 1.82) is 5.26 Å². The smallest absolute Gasteiger partial charge is 0.407 e. The molecule has 0 radical (unpaired) electrons. The molecule has 1 rings (SSSR count). The van der Waals surface area contributed by atoms with Crippen molar-refractivity contribution in [1.82, 2.24) is 15.1 Å². The Morgan fingerprint density at radius 3 is 2.73 bits per heavy atom. The Bertz CT molecular complexity index is 612. The van der Waals surface area contributed by atoms with Gasteiger partial charge in [-0.3, -0.25) is 4.79 Å². The fraction of sp³-hybridized carbons (Fsp3) is 0.571. The highest BCUT2D eigenvalue weighted by atomic mass is 16.6. The van der Waals surface area contributed by atoms with E-state index in [0.717, 1.165) is 4.68 Å². The molecule has 1 aromatic rings. The number of hydrogen-bond donors (Lipinski definition) is 2. The maximum atomic E-state index is 11.8. The molecule has 22 heavy (non-hydrogen) atoms. The number of nitrogens with zero attached hydrogens (tertiary/aromatic N) is 3. The topological polar surface area (TPSA) is 109 Å². The molecule has 8 nitrogen and oxygen atoms in total. The van der Waals surface area contributed by atoms with Gasteiger partial charge in [-0.15, -0.1) is 0 Å². The largest absolute Gasteiger partial charge is 0.444 e. The van der Waals surface area contributed by atoms with Gasteiger partial charge in [-0.1, -0.05) is 0 Å². The molecule has 1 amide bonds. The highest BCUT2D eigenvalue weighted by Crippen LogP contribution is 2.06. The molecule has 2 N–H and O–H groups in total. The van der Waals surface area contributed by atoms with E-state index < -0.39 is 17.7 Å². The van der Waals surface area contributed by atoms with Gasteiger partial charge in [0, 0.05) is 19.2 Å². The Morgan fingerprint density at radius 1 is 1.50 bits per heavy atom. The highest BCUT2D eigenvalue weighted by Gasteiger charge is 2.15. The van der Waals surface area contributed by atoms with Crippen LogP contribution in [0.5, 0.6) is 0 Å². The maximum absolute atomic E-state index is 11.8. The third-order valence-electron chi connectivity index (χ3n) is 2.50. The number of nitriles is 1. The van der Waals surface area contributed by atoms with Crippen LogP contribution in [0.2, 0.25) is 0 Å². The average molecular weight is 307 g/mol. The van der Waals surface area contributed by atoms with Gasteiger partial charge in [0.25, 0.3) is 5.56 Å². The molecule has 0 aliphatic carbocycles. The summed E-state index contributed by atoms with van der Waals surface area (Å²) in [5, 5.41) is 18.2. The van der Waals surface area contributed by atoms with E-state index in [1.165, 1.54) is 12.3 Å². The number of anilines is 1. The second-order valence-corrected chi connectivity index (χ2v) is 5.69. The first-order valence-corrected chi connectivity index (χ1v) is 6.92. The normalized spacial score (nSPS) is 12.1. The molecule has 8 heteroatoms. The minimum Gasteiger partial charge on any atom is -0.444 e. The zero-order valence-electron chi connectivity index (χ0n) is 13.2. The van der Waals surface area contributed by atoms with Gasteiger partial charge in [-0.25, -0.2) is 9.48 Å². The average Bonchev–Trinajstić information content (AvgIpc) is 2.41. The van der Waals surface area contributed by atoms with E-state index in [2.05, 4.69) is 15.7 Å². The third kappa shape index (κ3) is 5.83. The van der Waals surface area contributed by atoms with Crippen LogP contribution < -0.4 is 16.2 Å². The van der Waals surface area contributed by atoms with Gasteiger partial charge < -0.3 is 15.4 Å². The van der Waals surface area contributed by atoms with Crippen molar-refractivity contribution in [2.24, 2.45) is 0 Å². The molecule has 1 aromatic heterocycles. The van der Waals surface area contributed by atoms with E-state index in [4.69, 9.17) is 10.00 Å². The quantitative estimate of drug-likeness (QED) is 0.793. The number of ether oxygens (including phenoxy) is 1. The van der Waals surface area contributed by atoms with Gasteiger partial charge in [0.1, 0.15) is 11.6 Å². The first-order chi connectivity index (χ1) is 10.2. The van der Waals surface area contributed by atoms with Gasteiger partial charge in [-0.2, -0.15) is 10.4 Å². The Hall–Kier alpha value is -2.56. The molecule has 1 unspecified atom stereocenters. The van der Waals surface area contributed by atoms with E-state index in [0.29, 0.717) is 18.8 Å². The van der Waals surface area contributed by atoms with Crippen LogP contribution >= 0.6 is 0 Å². The number of nitrogens with one attached hydrogen (secondary N) is 2. The zero-order chi connectivity index (χ0) is 16.8. The van der Waals surface area contributed by atoms with Crippen molar-refractivity contribution in [2.75, 3.05) is 18.4 Å². The number of carbonyl (C=O) groups is 1. The van der Waals surface area contributed by atoms with Crippen LogP contribution in [0, 0.1) is 11.3 Å². The first-order valence-electron chi connectivity index (χ1n) is 6.92. The monoisotopic (exact) mass is 307 g/mol. The summed E-state index contributed by atoms with van der Waals surface area (Å²) in [6.45, 7) is 7.70. The fourth-order valence-corrected chi connectivity index (χ4v) is 1.55. The zero-order valence-corrected chi connectivity index (χ0v) is 13.2. The molecular formula is C14H21N5O3. The van der Waals surface area contributed by atoms with Crippen molar-refractivity contribution < 1.29 is 9.53 Å². The Morgan fingerprint density at radius 2 is 2.18 bits per heavy atom. The number of carbonyl (C=O) groups excluding carboxylic acids is 1. The Balaban J connectivity index is 2.44. The summed E-state index contributed by atoms with van der Waals surface area (Å²) in [6.07, 6.45) is 0.966. The van der Waals surface area contributed by atoms with Crippen molar-refractivity contribution in [2.45, 2.75) is 39.3 Å². The van der Waals surface area contributed by atoms with Crippen LogP contribution in [0.15, 0.2) is 17.1 Å². The van der Waals surface area contributed by atoms with Gasteiger partial charge in [0.05, 0.1) is 18.0 Å². The molecule has 0 saturated carbocycles. The molecule has 0 aliphatic heterocycles. The molecule has 0 bridgehead atoms. The predicted molar refractivity (Wildman–Crippen MR) is 81.5 cm³/mol. The summed E-state index contributed by atoms with van der Waals surface area (Å²) in [5.74, 6) is 0. The number of amides is 1. The van der Waals surface area contributed by atoms with E-state index in [1.54, 1.807) is 27.7 Å². The maximum Gasteiger partial charge on any atom is 0.407 e. The molecule has 1 atom stereocenters. The minimum absolute atomic E-state index is 0.340. The molecular weight excluding hydrogens is 286 g/mol. The lowest BCUT2D eigenvalue weighted by molar-refractivity contribution is 0.0530. The molecule has 0 fully saturated rings. The first kappa shape index (κ1) is 17.5. The lowest BCUT2D eigenvalue weighted by Gasteiger charge is -2.19. The van der Waals surface area contributed by atoms with Crippen LogP contribution in [-0.4, -0.2) is 34.6 Å². The second kappa shape index (κ2) is 7.45. The SMILES string of the molecule is CC(C#N)n1ncc(NCCNC(=O)OC(C)(C)C)cc1=O. The van der Waals surface area contributed by atoms with Crippen LogP contribution in [0.1, 0.15) is 33.7 Å². The number of rotatable bonds is 5. The molecule has 0 aliphatic rings. The van der Waals surface area contributed by atoms with E-state index in [9.17, 15) is 9.59 Å². The summed E-state index contributed by atoms with van der Waals surface area (Å²) in [6, 6.07) is 2.68. The summed E-state index contributed by atoms with van der Waals surface area (Å²) in [5.41, 5.74) is -0.375. The highest BCUT2D eigenvalue weighted by molar-refractivity contribution is 5.67. The van der Waals surface area contributed by atoms with Crippen LogP contribution in [-0.2, 0) is 4.74 Å². The van der Waals surface area contributed by atoms with E-state index >= 15 is 0 Å². The van der Waals surface area contributed by atoms with Crippen molar-refractivity contribution in [3.8, 4) is 6.07 Å². The van der Waals surface area contributed by atoms with Gasteiger partial charge in [-0.05, 0) is 27.7 Å². The van der Waals surface area contributed by atoms with E-state index in [1.807, 2.05) is 6.07 Å². The third-order valence-corrected chi connectivity index (χ3v) is 2.50. The summed E-state index contributed by atoms with van der Waals surface area (Å²) in [7, 11) is 0. The van der Waals surface area contributed by atoms with Crippen LogP contribution in [0.3, 0.4) is 0 Å². The number of aromatic nitrogens is 2. The second-order valence-electron chi connectivity index (χ2n) is 5.69. The Kier molecular flexibility index (Phi) is 5.92. The van der Waals surface area contributed by atoms with Crippen molar-refractivity contribution in [3.05, 3.63) is 22.6 Å². The van der Waals surface area contributed by atoms with Crippen LogP contribution in [0.4, 0.5) is 10.5 Å².